The van der Waals surface area contributed by atoms with Gasteiger partial charge in [-0.1, -0.05) is 6.07 Å². The van der Waals surface area contributed by atoms with Crippen LogP contribution in [0.3, 0.4) is 0 Å². The Labute approximate surface area is 145 Å². The van der Waals surface area contributed by atoms with Crippen LogP contribution in [0.2, 0.25) is 0 Å². The van der Waals surface area contributed by atoms with Gasteiger partial charge in [-0.3, -0.25) is 4.79 Å². The first-order valence-corrected chi connectivity index (χ1v) is 8.66. The maximum atomic E-state index is 12.5. The number of carboxylic acids is 1. The van der Waals surface area contributed by atoms with E-state index in [9.17, 15) is 18.0 Å². The van der Waals surface area contributed by atoms with Crippen LogP contribution in [-0.4, -0.2) is 43.8 Å². The number of carbonyl (C=O) groups is 2. The zero-order valence-electron chi connectivity index (χ0n) is 14.2. The van der Waals surface area contributed by atoms with E-state index in [1.807, 2.05) is 0 Å². The summed E-state index contributed by atoms with van der Waals surface area (Å²) in [5, 5.41) is 11.3. The molecule has 0 aliphatic heterocycles. The summed E-state index contributed by atoms with van der Waals surface area (Å²) in [6, 6.07) is 5.49. The minimum atomic E-state index is -3.80. The molecule has 2 N–H and O–H groups in total. The lowest BCUT2D eigenvalue weighted by molar-refractivity contribution is 0.0696. The third-order valence-electron chi connectivity index (χ3n) is 3.61. The average Bonchev–Trinajstić information content (AvgIpc) is 2.91. The third-order valence-corrected chi connectivity index (χ3v) is 5.28. The molecule has 8 nitrogen and oxygen atoms in total. The minimum absolute atomic E-state index is 0.0284. The van der Waals surface area contributed by atoms with Crippen LogP contribution in [0.5, 0.6) is 0 Å². The van der Waals surface area contributed by atoms with Crippen molar-refractivity contribution in [2.45, 2.75) is 18.9 Å². The molecule has 0 saturated heterocycles. The molecule has 0 spiro atoms. The van der Waals surface area contributed by atoms with Crippen molar-refractivity contribution in [1.29, 1.82) is 0 Å². The summed E-state index contributed by atoms with van der Waals surface area (Å²) < 4.78 is 30.4. The van der Waals surface area contributed by atoms with Crippen molar-refractivity contribution < 1.29 is 27.5 Å². The van der Waals surface area contributed by atoms with Crippen LogP contribution in [0.25, 0.3) is 0 Å². The lowest BCUT2D eigenvalue weighted by Gasteiger charge is -2.09. The van der Waals surface area contributed by atoms with Crippen LogP contribution in [0.1, 0.15) is 32.0 Å². The molecular formula is C16H18N2O6S. The number of carbonyl (C=O) groups excluding carboxylic acids is 1. The highest BCUT2D eigenvalue weighted by molar-refractivity contribution is 7.88. The van der Waals surface area contributed by atoms with E-state index in [2.05, 4.69) is 5.32 Å². The first kappa shape index (κ1) is 18.7. The van der Waals surface area contributed by atoms with Gasteiger partial charge in [0.25, 0.3) is 15.9 Å². The van der Waals surface area contributed by atoms with Gasteiger partial charge in [-0.2, -0.15) is 0 Å². The van der Waals surface area contributed by atoms with Crippen LogP contribution in [0.4, 0.5) is 5.69 Å². The average molecular weight is 366 g/mol. The smallest absolute Gasteiger partial charge is 0.335 e. The van der Waals surface area contributed by atoms with Gasteiger partial charge in [0, 0.05) is 25.8 Å². The molecule has 2 aromatic rings. The summed E-state index contributed by atoms with van der Waals surface area (Å²) in [4.78, 5) is 23.5. The van der Waals surface area contributed by atoms with Crippen LogP contribution in [-0.2, 0) is 10.0 Å². The zero-order chi connectivity index (χ0) is 18.9. The molecule has 0 bridgehead atoms. The molecule has 1 amide bonds. The second kappa shape index (κ2) is 6.69. The van der Waals surface area contributed by atoms with Gasteiger partial charge in [-0.15, -0.1) is 0 Å². The number of aromatic carboxylic acids is 1. The summed E-state index contributed by atoms with van der Waals surface area (Å²) in [5.74, 6) is -1.56. The maximum Gasteiger partial charge on any atom is 0.335 e. The van der Waals surface area contributed by atoms with Gasteiger partial charge >= 0.3 is 5.97 Å². The first-order valence-electron chi connectivity index (χ1n) is 7.22. The number of amides is 1. The van der Waals surface area contributed by atoms with Crippen molar-refractivity contribution in [2.75, 3.05) is 19.4 Å². The largest absolute Gasteiger partial charge is 0.478 e. The predicted molar refractivity (Wildman–Crippen MR) is 90.4 cm³/mol. The van der Waals surface area contributed by atoms with E-state index in [0.29, 0.717) is 11.3 Å². The monoisotopic (exact) mass is 366 g/mol. The Morgan fingerprint density at radius 3 is 2.36 bits per heavy atom. The summed E-state index contributed by atoms with van der Waals surface area (Å²) in [5.41, 5.74) is 1.07. The molecule has 0 unspecified atom stereocenters. The number of anilines is 1. The van der Waals surface area contributed by atoms with Crippen molar-refractivity contribution in [1.82, 2.24) is 4.31 Å². The van der Waals surface area contributed by atoms with Crippen LogP contribution < -0.4 is 5.32 Å². The van der Waals surface area contributed by atoms with Crippen molar-refractivity contribution in [2.24, 2.45) is 0 Å². The Morgan fingerprint density at radius 2 is 1.80 bits per heavy atom. The Kier molecular flexibility index (Phi) is 5.00. The zero-order valence-corrected chi connectivity index (χ0v) is 15.0. The maximum absolute atomic E-state index is 12.5. The Morgan fingerprint density at radius 1 is 1.16 bits per heavy atom. The summed E-state index contributed by atoms with van der Waals surface area (Å²) in [7, 11) is -1.09. The minimum Gasteiger partial charge on any atom is -0.478 e. The topological polar surface area (TPSA) is 117 Å². The molecule has 0 aliphatic carbocycles. The van der Waals surface area contributed by atoms with Gasteiger partial charge in [0.05, 0.1) is 11.1 Å². The lowest BCUT2D eigenvalue weighted by atomic mass is 10.1. The molecule has 1 heterocycles. The highest BCUT2D eigenvalue weighted by atomic mass is 32.2. The molecule has 1 aromatic heterocycles. The predicted octanol–water partition coefficient (Wildman–Crippen LogP) is 2.10. The van der Waals surface area contributed by atoms with Crippen molar-refractivity contribution in [3.8, 4) is 0 Å². The van der Waals surface area contributed by atoms with Gasteiger partial charge < -0.3 is 14.8 Å². The first-order chi connectivity index (χ1) is 11.5. The number of rotatable bonds is 5. The molecule has 0 aliphatic rings. The molecular weight excluding hydrogens is 348 g/mol. The Balaban J connectivity index is 2.36. The molecule has 0 fully saturated rings. The van der Waals surface area contributed by atoms with E-state index < -0.39 is 21.9 Å². The summed E-state index contributed by atoms with van der Waals surface area (Å²) >= 11 is 0. The molecule has 0 radical (unpaired) electrons. The van der Waals surface area contributed by atoms with Crippen molar-refractivity contribution in [3.05, 3.63) is 46.7 Å². The molecule has 2 rings (SSSR count). The highest BCUT2D eigenvalue weighted by Gasteiger charge is 2.26. The Hall–Kier alpha value is -2.65. The van der Waals surface area contributed by atoms with Gasteiger partial charge in [0.2, 0.25) is 5.09 Å². The number of nitrogens with zero attached hydrogens (tertiary/aromatic N) is 1. The van der Waals surface area contributed by atoms with E-state index in [0.717, 1.165) is 10.4 Å². The van der Waals surface area contributed by atoms with Crippen LogP contribution in [0.15, 0.2) is 33.8 Å². The summed E-state index contributed by atoms with van der Waals surface area (Å²) in [6.07, 6.45) is 0. The van der Waals surface area contributed by atoms with E-state index in [1.54, 1.807) is 13.0 Å². The standard InChI is InChI=1S/C16H18N2O6S/c1-9-5-6-11(16(20)21)7-13(9)17-15(19)12-8-14(24-10(12)2)25(22,23)18(3)4/h5-8H,1-4H3,(H,17,19)(H,20,21). The lowest BCUT2D eigenvalue weighted by Crippen LogP contribution is -2.21. The van der Waals surface area contributed by atoms with Crippen molar-refractivity contribution >= 4 is 27.6 Å². The molecule has 1 aromatic carbocycles. The summed E-state index contributed by atoms with van der Waals surface area (Å²) in [6.45, 7) is 3.19. The number of furan rings is 1. The second-order valence-electron chi connectivity index (χ2n) is 5.61. The third kappa shape index (κ3) is 3.72. The van der Waals surface area contributed by atoms with Gasteiger partial charge in [0.15, 0.2) is 0 Å². The van der Waals surface area contributed by atoms with Crippen LogP contribution >= 0.6 is 0 Å². The number of hydrogen-bond donors (Lipinski definition) is 2. The van der Waals surface area contributed by atoms with E-state index in [-0.39, 0.29) is 22.0 Å². The van der Waals surface area contributed by atoms with Gasteiger partial charge in [-0.05, 0) is 31.5 Å². The molecule has 9 heteroatoms. The van der Waals surface area contributed by atoms with E-state index >= 15 is 0 Å². The quantitative estimate of drug-likeness (QED) is 0.837. The normalized spacial score (nSPS) is 11.6. The molecule has 0 saturated carbocycles. The number of hydrogen-bond acceptors (Lipinski definition) is 5. The molecule has 25 heavy (non-hydrogen) atoms. The number of nitrogens with one attached hydrogen (secondary N) is 1. The molecule has 0 atom stereocenters. The van der Waals surface area contributed by atoms with Crippen molar-refractivity contribution in [3.63, 3.8) is 0 Å². The number of carboxylic acid groups (broad SMARTS) is 1. The number of sulfonamides is 1. The number of aryl methyl sites for hydroxylation is 2. The number of benzene rings is 1. The fraction of sp³-hybridized carbons (Fsp3) is 0.250. The van der Waals surface area contributed by atoms with Gasteiger partial charge in [0.1, 0.15) is 5.76 Å². The highest BCUT2D eigenvalue weighted by Crippen LogP contribution is 2.23. The van der Waals surface area contributed by atoms with Crippen LogP contribution in [0, 0.1) is 13.8 Å². The second-order valence-corrected chi connectivity index (χ2v) is 7.69. The SMILES string of the molecule is Cc1ccc(C(=O)O)cc1NC(=O)c1cc(S(=O)(=O)N(C)C)oc1C. The fourth-order valence-electron chi connectivity index (χ4n) is 2.07. The van der Waals surface area contributed by atoms with Gasteiger partial charge in [-0.25, -0.2) is 17.5 Å². The van der Waals surface area contributed by atoms with E-state index in [1.165, 1.54) is 33.2 Å². The Bertz CT molecular complexity index is 944. The fourth-order valence-corrected chi connectivity index (χ4v) is 2.92. The molecule has 134 valence electrons. The van der Waals surface area contributed by atoms with E-state index in [4.69, 9.17) is 9.52 Å².